The SMILES string of the molecule is O=C(OCc1nnc(-c2cccs2)o1)c1nc(Cl)c(Cl)c(Cl)c1Cl. The number of rotatable bonds is 4. The zero-order valence-corrected chi connectivity index (χ0v) is 15.3. The van der Waals surface area contributed by atoms with E-state index in [2.05, 4.69) is 15.2 Å². The number of halogens is 4. The van der Waals surface area contributed by atoms with Gasteiger partial charge in [0.2, 0.25) is 0 Å². The Labute approximate surface area is 159 Å². The maximum absolute atomic E-state index is 12.1. The van der Waals surface area contributed by atoms with Gasteiger partial charge in [0.1, 0.15) is 5.15 Å². The number of nitrogens with zero attached hydrogens (tertiary/aromatic N) is 3. The second kappa shape index (κ2) is 7.25. The predicted octanol–water partition coefficient (Wildman–Crippen LogP) is 5.16. The van der Waals surface area contributed by atoms with Gasteiger partial charge in [-0.25, -0.2) is 9.78 Å². The highest BCUT2D eigenvalue weighted by molar-refractivity contribution is 7.13. The van der Waals surface area contributed by atoms with Crippen LogP contribution in [-0.4, -0.2) is 21.2 Å². The van der Waals surface area contributed by atoms with Gasteiger partial charge in [-0.15, -0.1) is 21.5 Å². The third kappa shape index (κ3) is 3.50. The first-order valence-electron chi connectivity index (χ1n) is 6.20. The molecule has 0 unspecified atom stereocenters. The van der Waals surface area contributed by atoms with E-state index in [1.165, 1.54) is 11.3 Å². The molecule has 0 atom stereocenters. The largest absolute Gasteiger partial charge is 0.451 e. The molecule has 0 bridgehead atoms. The van der Waals surface area contributed by atoms with Crippen molar-refractivity contribution >= 4 is 63.7 Å². The summed E-state index contributed by atoms with van der Waals surface area (Å²) >= 11 is 24.8. The van der Waals surface area contributed by atoms with Crippen molar-refractivity contribution in [1.82, 2.24) is 15.2 Å². The first kappa shape index (κ1) is 17.4. The minimum Gasteiger partial charge on any atom is -0.451 e. The smallest absolute Gasteiger partial charge is 0.359 e. The van der Waals surface area contributed by atoms with Gasteiger partial charge in [0.25, 0.3) is 11.8 Å². The van der Waals surface area contributed by atoms with Crippen molar-refractivity contribution in [3.63, 3.8) is 0 Å². The van der Waals surface area contributed by atoms with Crippen LogP contribution in [0.5, 0.6) is 0 Å². The van der Waals surface area contributed by atoms with E-state index >= 15 is 0 Å². The molecule has 3 heterocycles. The molecule has 0 N–H and O–H groups in total. The molecule has 6 nitrogen and oxygen atoms in total. The number of aromatic nitrogens is 3. The van der Waals surface area contributed by atoms with Gasteiger partial charge in [-0.1, -0.05) is 52.5 Å². The summed E-state index contributed by atoms with van der Waals surface area (Å²) in [7, 11) is 0. The van der Waals surface area contributed by atoms with Crippen molar-refractivity contribution in [2.75, 3.05) is 0 Å². The van der Waals surface area contributed by atoms with Crippen molar-refractivity contribution in [1.29, 1.82) is 0 Å². The average Bonchev–Trinajstić information content (AvgIpc) is 3.24. The molecule has 0 aromatic carbocycles. The van der Waals surface area contributed by atoms with Gasteiger partial charge in [0, 0.05) is 0 Å². The number of ether oxygens (including phenoxy) is 1. The van der Waals surface area contributed by atoms with Gasteiger partial charge < -0.3 is 9.15 Å². The van der Waals surface area contributed by atoms with Crippen molar-refractivity contribution in [3.05, 3.63) is 49.3 Å². The fraction of sp³-hybridized carbons (Fsp3) is 0.0769. The summed E-state index contributed by atoms with van der Waals surface area (Å²) in [6, 6.07) is 3.68. The number of carbonyl (C=O) groups excluding carboxylic acids is 1. The summed E-state index contributed by atoms with van der Waals surface area (Å²) in [4.78, 5) is 16.6. The Kier molecular flexibility index (Phi) is 5.27. The summed E-state index contributed by atoms with van der Waals surface area (Å²) in [6.45, 7) is -0.257. The zero-order valence-electron chi connectivity index (χ0n) is 11.4. The van der Waals surface area contributed by atoms with Crippen LogP contribution in [0.15, 0.2) is 21.9 Å². The Bertz CT molecular complexity index is 898. The molecule has 3 aromatic heterocycles. The van der Waals surface area contributed by atoms with E-state index in [0.29, 0.717) is 5.89 Å². The quantitative estimate of drug-likeness (QED) is 0.425. The highest BCUT2D eigenvalue weighted by atomic mass is 35.5. The molecule has 0 aliphatic carbocycles. The van der Waals surface area contributed by atoms with Crippen molar-refractivity contribution in [2.24, 2.45) is 0 Å². The van der Waals surface area contributed by atoms with E-state index in [1.54, 1.807) is 0 Å². The van der Waals surface area contributed by atoms with E-state index < -0.39 is 5.97 Å². The number of pyridine rings is 1. The van der Waals surface area contributed by atoms with Crippen LogP contribution < -0.4 is 0 Å². The van der Waals surface area contributed by atoms with Crippen LogP contribution in [0.25, 0.3) is 10.8 Å². The maximum Gasteiger partial charge on any atom is 0.359 e. The van der Waals surface area contributed by atoms with Gasteiger partial charge in [-0.05, 0) is 11.4 Å². The van der Waals surface area contributed by atoms with Crippen LogP contribution in [0.2, 0.25) is 20.2 Å². The van der Waals surface area contributed by atoms with Gasteiger partial charge in [-0.3, -0.25) is 0 Å². The number of hydrogen-bond acceptors (Lipinski definition) is 7. The van der Waals surface area contributed by atoms with Crippen LogP contribution in [0, 0.1) is 0 Å². The molecule has 124 valence electrons. The fourth-order valence-electron chi connectivity index (χ4n) is 1.63. The summed E-state index contributed by atoms with van der Waals surface area (Å²) in [6.07, 6.45) is 0. The Hall–Kier alpha value is -1.38. The Morgan fingerprint density at radius 2 is 1.96 bits per heavy atom. The second-order valence-electron chi connectivity index (χ2n) is 4.25. The van der Waals surface area contributed by atoms with E-state index in [-0.39, 0.29) is 38.4 Å². The topological polar surface area (TPSA) is 78.1 Å². The third-order valence-corrected chi connectivity index (χ3v) is 5.24. The summed E-state index contributed by atoms with van der Waals surface area (Å²) in [5.74, 6) is -0.393. The number of thiophene rings is 1. The molecule has 11 heteroatoms. The van der Waals surface area contributed by atoms with Crippen LogP contribution >= 0.6 is 57.7 Å². The first-order chi connectivity index (χ1) is 11.5. The second-order valence-corrected chi connectivity index (χ2v) is 6.69. The number of esters is 1. The number of hydrogen-bond donors (Lipinski definition) is 0. The monoisotopic (exact) mass is 423 g/mol. The highest BCUT2D eigenvalue weighted by Crippen LogP contribution is 2.36. The zero-order chi connectivity index (χ0) is 17.3. The van der Waals surface area contributed by atoms with Gasteiger partial charge in [-0.2, -0.15) is 0 Å². The Morgan fingerprint density at radius 3 is 2.67 bits per heavy atom. The van der Waals surface area contributed by atoms with Gasteiger partial charge in [0.15, 0.2) is 12.3 Å². The lowest BCUT2D eigenvalue weighted by molar-refractivity contribution is 0.0432. The molecule has 3 rings (SSSR count). The van der Waals surface area contributed by atoms with E-state index in [4.69, 9.17) is 55.6 Å². The van der Waals surface area contributed by atoms with Crippen LogP contribution in [0.1, 0.15) is 16.4 Å². The molecular formula is C13H5Cl4N3O3S. The molecule has 0 saturated heterocycles. The van der Waals surface area contributed by atoms with Crippen molar-refractivity contribution in [3.8, 4) is 10.8 Å². The summed E-state index contributed by atoms with van der Waals surface area (Å²) < 4.78 is 10.4. The molecule has 0 aliphatic heterocycles. The molecule has 0 fully saturated rings. The molecule has 3 aromatic rings. The van der Waals surface area contributed by atoms with E-state index in [9.17, 15) is 4.79 Å². The fourth-order valence-corrected chi connectivity index (χ4v) is 3.08. The highest BCUT2D eigenvalue weighted by Gasteiger charge is 2.22. The molecule has 0 amide bonds. The molecular weight excluding hydrogens is 420 g/mol. The predicted molar refractivity (Wildman–Crippen MR) is 91.0 cm³/mol. The molecule has 0 spiro atoms. The molecule has 24 heavy (non-hydrogen) atoms. The van der Waals surface area contributed by atoms with Gasteiger partial charge in [0.05, 0.1) is 19.9 Å². The Morgan fingerprint density at radius 1 is 1.17 bits per heavy atom. The van der Waals surface area contributed by atoms with Crippen molar-refractivity contribution < 1.29 is 13.9 Å². The first-order valence-corrected chi connectivity index (χ1v) is 8.60. The van der Waals surface area contributed by atoms with Crippen LogP contribution in [-0.2, 0) is 11.3 Å². The number of carbonyl (C=O) groups is 1. The summed E-state index contributed by atoms with van der Waals surface area (Å²) in [5.41, 5.74) is -0.255. The lowest BCUT2D eigenvalue weighted by Crippen LogP contribution is -2.09. The van der Waals surface area contributed by atoms with E-state index in [1.807, 2.05) is 17.5 Å². The molecule has 0 saturated carbocycles. The Balaban J connectivity index is 1.73. The minimum atomic E-state index is -0.851. The van der Waals surface area contributed by atoms with Gasteiger partial charge >= 0.3 is 5.97 Å². The standard InChI is InChI=1S/C13H5Cl4N3O3S/c14-7-8(15)10(18-11(17)9(7)16)13(21)22-4-6-19-20-12(23-6)5-2-1-3-24-5/h1-3H,4H2. The van der Waals surface area contributed by atoms with Crippen LogP contribution in [0.4, 0.5) is 0 Å². The average molecular weight is 425 g/mol. The minimum absolute atomic E-state index is 0.0441. The van der Waals surface area contributed by atoms with E-state index in [0.717, 1.165) is 4.88 Å². The lowest BCUT2D eigenvalue weighted by Gasteiger charge is -2.07. The van der Waals surface area contributed by atoms with Crippen LogP contribution in [0.3, 0.4) is 0 Å². The van der Waals surface area contributed by atoms with Crippen molar-refractivity contribution in [2.45, 2.75) is 6.61 Å². The summed E-state index contributed by atoms with van der Waals surface area (Å²) in [5, 5.41) is 9.11. The third-order valence-electron chi connectivity index (χ3n) is 2.70. The molecule has 0 radical (unpaired) electrons. The normalized spacial score (nSPS) is 10.8. The molecule has 0 aliphatic rings. The lowest BCUT2D eigenvalue weighted by atomic mass is 10.3. The maximum atomic E-state index is 12.1.